The zero-order chi connectivity index (χ0) is 25.5. The number of nitrogens with zero attached hydrogens (tertiary/aromatic N) is 1. The van der Waals surface area contributed by atoms with Gasteiger partial charge in [-0.3, -0.25) is 14.5 Å². The molecule has 0 spiro atoms. The molecule has 1 heterocycles. The average Bonchev–Trinajstić information content (AvgIpc) is 3.13. The van der Waals surface area contributed by atoms with E-state index in [4.69, 9.17) is 21.7 Å². The molecule has 184 valence electrons. The van der Waals surface area contributed by atoms with E-state index >= 15 is 0 Å². The standard InChI is InChI=1S/C27H23BrN2O4S2/c1-2-33-23-14-19(8-13-22(23)34-17-25(31)29-21-11-9-20(28)10-12-21)15-24-26(32)30(27(35)36-24)16-18-6-4-3-5-7-18/h3-15H,2,16-17H2,1H3,(H,29,31)/b24-15-. The van der Waals surface area contributed by atoms with Crippen molar-refractivity contribution in [2.75, 3.05) is 18.5 Å². The number of carbonyl (C=O) groups is 2. The third-order valence-corrected chi connectivity index (χ3v) is 7.02. The number of ether oxygens (including phenoxy) is 2. The highest BCUT2D eigenvalue weighted by atomic mass is 79.9. The van der Waals surface area contributed by atoms with Crippen LogP contribution in [-0.2, 0) is 16.1 Å². The largest absolute Gasteiger partial charge is 0.490 e. The van der Waals surface area contributed by atoms with Gasteiger partial charge in [-0.25, -0.2) is 0 Å². The van der Waals surface area contributed by atoms with Crippen molar-refractivity contribution in [3.05, 3.63) is 93.3 Å². The average molecular weight is 584 g/mol. The van der Waals surface area contributed by atoms with Crippen molar-refractivity contribution < 1.29 is 19.1 Å². The Hall–Kier alpha value is -3.14. The molecule has 0 bridgehead atoms. The van der Waals surface area contributed by atoms with E-state index in [1.54, 1.807) is 35.2 Å². The van der Waals surface area contributed by atoms with Crippen LogP contribution in [-0.4, -0.2) is 34.2 Å². The third-order valence-electron chi connectivity index (χ3n) is 5.11. The summed E-state index contributed by atoms with van der Waals surface area (Å²) in [6.07, 6.45) is 1.79. The van der Waals surface area contributed by atoms with E-state index in [-0.39, 0.29) is 18.4 Å². The molecule has 0 aromatic heterocycles. The second-order valence-electron chi connectivity index (χ2n) is 7.74. The maximum atomic E-state index is 13.0. The Kier molecular flexibility index (Phi) is 8.79. The molecule has 0 atom stereocenters. The molecule has 1 saturated heterocycles. The van der Waals surface area contributed by atoms with Gasteiger partial charge in [0.2, 0.25) is 0 Å². The van der Waals surface area contributed by atoms with Crippen LogP contribution in [0.2, 0.25) is 0 Å². The highest BCUT2D eigenvalue weighted by Crippen LogP contribution is 2.35. The number of anilines is 1. The predicted molar refractivity (Wildman–Crippen MR) is 151 cm³/mol. The lowest BCUT2D eigenvalue weighted by molar-refractivity contribution is -0.122. The maximum absolute atomic E-state index is 13.0. The fourth-order valence-corrected chi connectivity index (χ4v) is 4.95. The van der Waals surface area contributed by atoms with Gasteiger partial charge in [0.25, 0.3) is 11.8 Å². The summed E-state index contributed by atoms with van der Waals surface area (Å²) >= 11 is 10.1. The molecule has 1 aliphatic rings. The molecule has 0 aliphatic carbocycles. The van der Waals surface area contributed by atoms with Gasteiger partial charge in [0.1, 0.15) is 4.32 Å². The van der Waals surface area contributed by atoms with Crippen molar-refractivity contribution in [3.63, 3.8) is 0 Å². The van der Waals surface area contributed by atoms with Crippen molar-refractivity contribution >= 4 is 67.8 Å². The summed E-state index contributed by atoms with van der Waals surface area (Å²) in [4.78, 5) is 27.5. The molecule has 2 amide bonds. The van der Waals surface area contributed by atoms with E-state index in [1.165, 1.54) is 11.8 Å². The van der Waals surface area contributed by atoms with Crippen molar-refractivity contribution in [1.82, 2.24) is 4.90 Å². The first-order chi connectivity index (χ1) is 17.4. The zero-order valence-electron chi connectivity index (χ0n) is 19.4. The summed E-state index contributed by atoms with van der Waals surface area (Å²) in [6, 6.07) is 22.4. The number of rotatable bonds is 9. The quantitative estimate of drug-likeness (QED) is 0.237. The van der Waals surface area contributed by atoms with Crippen LogP contribution in [0.15, 0.2) is 82.2 Å². The lowest BCUT2D eigenvalue weighted by Crippen LogP contribution is -2.27. The Bertz CT molecular complexity index is 1300. The van der Waals surface area contributed by atoms with E-state index in [0.29, 0.717) is 39.6 Å². The smallest absolute Gasteiger partial charge is 0.266 e. The number of nitrogens with one attached hydrogen (secondary N) is 1. The monoisotopic (exact) mass is 582 g/mol. The molecule has 4 rings (SSSR count). The number of carbonyl (C=O) groups excluding carboxylic acids is 2. The number of thiocarbonyl (C=S) groups is 1. The molecule has 3 aromatic carbocycles. The lowest BCUT2D eigenvalue weighted by atomic mass is 10.1. The summed E-state index contributed by atoms with van der Waals surface area (Å²) in [5.41, 5.74) is 2.46. The fraction of sp³-hybridized carbons (Fsp3) is 0.148. The van der Waals surface area contributed by atoms with E-state index in [1.807, 2.05) is 55.5 Å². The Morgan fingerprint density at radius 2 is 1.81 bits per heavy atom. The van der Waals surface area contributed by atoms with Crippen LogP contribution in [0.3, 0.4) is 0 Å². The summed E-state index contributed by atoms with van der Waals surface area (Å²) in [7, 11) is 0. The molecular weight excluding hydrogens is 560 g/mol. The van der Waals surface area contributed by atoms with Gasteiger partial charge in [-0.1, -0.05) is 76.3 Å². The van der Waals surface area contributed by atoms with Crippen LogP contribution < -0.4 is 14.8 Å². The second kappa shape index (κ2) is 12.2. The van der Waals surface area contributed by atoms with E-state index in [0.717, 1.165) is 15.6 Å². The van der Waals surface area contributed by atoms with Crippen LogP contribution in [0.4, 0.5) is 5.69 Å². The highest BCUT2D eigenvalue weighted by Gasteiger charge is 2.32. The number of thioether (sulfide) groups is 1. The number of benzene rings is 3. The summed E-state index contributed by atoms with van der Waals surface area (Å²) < 4.78 is 12.9. The number of hydrogen-bond acceptors (Lipinski definition) is 6. The molecule has 1 N–H and O–H groups in total. The van der Waals surface area contributed by atoms with Gasteiger partial charge in [-0.05, 0) is 60.5 Å². The Morgan fingerprint density at radius 3 is 2.53 bits per heavy atom. The van der Waals surface area contributed by atoms with Gasteiger partial charge >= 0.3 is 0 Å². The molecule has 1 fully saturated rings. The summed E-state index contributed by atoms with van der Waals surface area (Å²) in [6.45, 7) is 2.55. The normalized spacial score (nSPS) is 14.3. The molecule has 36 heavy (non-hydrogen) atoms. The number of halogens is 1. The van der Waals surface area contributed by atoms with E-state index in [9.17, 15) is 9.59 Å². The Labute approximate surface area is 227 Å². The Balaban J connectivity index is 1.43. The highest BCUT2D eigenvalue weighted by molar-refractivity contribution is 9.10. The predicted octanol–water partition coefficient (Wildman–Crippen LogP) is 6.27. The van der Waals surface area contributed by atoms with Crippen molar-refractivity contribution in [3.8, 4) is 11.5 Å². The van der Waals surface area contributed by atoms with Crippen molar-refractivity contribution in [2.45, 2.75) is 13.5 Å². The first-order valence-electron chi connectivity index (χ1n) is 11.2. The van der Waals surface area contributed by atoms with Gasteiger partial charge in [-0.15, -0.1) is 0 Å². The van der Waals surface area contributed by atoms with Gasteiger partial charge in [0.15, 0.2) is 18.1 Å². The second-order valence-corrected chi connectivity index (χ2v) is 10.3. The van der Waals surface area contributed by atoms with Crippen LogP contribution in [0, 0.1) is 0 Å². The maximum Gasteiger partial charge on any atom is 0.266 e. The minimum atomic E-state index is -0.286. The minimum absolute atomic E-state index is 0.128. The van der Waals surface area contributed by atoms with Gasteiger partial charge < -0.3 is 14.8 Å². The molecule has 0 radical (unpaired) electrons. The lowest BCUT2D eigenvalue weighted by Gasteiger charge is -2.14. The topological polar surface area (TPSA) is 67.9 Å². The van der Waals surface area contributed by atoms with Crippen LogP contribution in [0.1, 0.15) is 18.1 Å². The van der Waals surface area contributed by atoms with Crippen molar-refractivity contribution in [2.24, 2.45) is 0 Å². The summed E-state index contributed by atoms with van der Waals surface area (Å²) in [5, 5.41) is 2.79. The fourth-order valence-electron chi connectivity index (χ4n) is 3.43. The molecule has 0 unspecified atom stereocenters. The molecular formula is C27H23BrN2O4S2. The minimum Gasteiger partial charge on any atom is -0.490 e. The van der Waals surface area contributed by atoms with Gasteiger partial charge in [-0.2, -0.15) is 0 Å². The molecule has 9 heteroatoms. The molecule has 0 saturated carbocycles. The molecule has 6 nitrogen and oxygen atoms in total. The molecule has 1 aliphatic heterocycles. The van der Waals surface area contributed by atoms with E-state index in [2.05, 4.69) is 21.2 Å². The van der Waals surface area contributed by atoms with Crippen molar-refractivity contribution in [1.29, 1.82) is 0 Å². The van der Waals surface area contributed by atoms with Crippen LogP contribution in [0.25, 0.3) is 6.08 Å². The molecule has 3 aromatic rings. The SMILES string of the molecule is CCOc1cc(/C=C2\SC(=S)N(Cc3ccccc3)C2=O)ccc1OCC(=O)Nc1ccc(Br)cc1. The third kappa shape index (κ3) is 6.75. The first kappa shape index (κ1) is 25.9. The first-order valence-corrected chi connectivity index (χ1v) is 13.2. The van der Waals surface area contributed by atoms with Gasteiger partial charge in [0.05, 0.1) is 18.1 Å². The number of amides is 2. The Morgan fingerprint density at radius 1 is 1.06 bits per heavy atom. The van der Waals surface area contributed by atoms with Crippen LogP contribution in [0.5, 0.6) is 11.5 Å². The number of hydrogen-bond donors (Lipinski definition) is 1. The zero-order valence-corrected chi connectivity index (χ0v) is 22.6. The summed E-state index contributed by atoms with van der Waals surface area (Å²) in [5.74, 6) is 0.515. The van der Waals surface area contributed by atoms with E-state index < -0.39 is 0 Å². The van der Waals surface area contributed by atoms with Gasteiger partial charge in [0, 0.05) is 10.2 Å². The van der Waals surface area contributed by atoms with Crippen LogP contribution >= 0.6 is 39.9 Å².